The van der Waals surface area contributed by atoms with Gasteiger partial charge in [0, 0.05) is 0 Å². The summed E-state index contributed by atoms with van der Waals surface area (Å²) in [7, 11) is -1.18. The Hall–Kier alpha value is -0.374. The second-order valence-corrected chi connectivity index (χ2v) is 15.2. The van der Waals surface area contributed by atoms with Crippen LogP contribution in [0.5, 0.6) is 0 Å². The molecule has 0 bridgehead atoms. The van der Waals surface area contributed by atoms with E-state index in [1.54, 1.807) is 6.92 Å². The number of Topliss-reactive ketones (excluding diaryl/α,β-unsaturated/α-hetero) is 1. The van der Waals surface area contributed by atoms with E-state index in [4.69, 9.17) is 0 Å². The van der Waals surface area contributed by atoms with Crippen molar-refractivity contribution >= 4 is 33.3 Å². The van der Waals surface area contributed by atoms with Crippen LogP contribution in [0.3, 0.4) is 0 Å². The van der Waals surface area contributed by atoms with Gasteiger partial charge >= 0.3 is 118 Å². The van der Waals surface area contributed by atoms with Gasteiger partial charge in [0.25, 0.3) is 0 Å². The van der Waals surface area contributed by atoms with Crippen LogP contribution in [-0.4, -0.2) is 28.8 Å². The summed E-state index contributed by atoms with van der Waals surface area (Å²) in [5.74, 6) is 1.48. The van der Waals surface area contributed by atoms with Gasteiger partial charge in [-0.3, -0.25) is 0 Å². The van der Waals surface area contributed by atoms with Crippen LogP contribution in [0, 0.1) is 11.8 Å². The van der Waals surface area contributed by atoms with Gasteiger partial charge in [0.15, 0.2) is 0 Å². The van der Waals surface area contributed by atoms with Gasteiger partial charge in [0.1, 0.15) is 0 Å². The summed E-state index contributed by atoms with van der Waals surface area (Å²) in [6, 6.07) is 10.8. The van der Waals surface area contributed by atoms with Crippen LogP contribution < -0.4 is 4.46 Å². The van der Waals surface area contributed by atoms with Gasteiger partial charge in [0.2, 0.25) is 0 Å². The topological polar surface area (TPSA) is 17.1 Å². The quantitative estimate of drug-likeness (QED) is 0.761. The minimum absolute atomic E-state index is 0.382. The first-order valence-electron chi connectivity index (χ1n) is 6.62. The third-order valence-corrected chi connectivity index (χ3v) is 13.2. The molecule has 0 aromatic heterocycles. The van der Waals surface area contributed by atoms with Gasteiger partial charge < -0.3 is 0 Å². The van der Waals surface area contributed by atoms with Crippen molar-refractivity contribution in [2.45, 2.75) is 37.4 Å². The summed E-state index contributed by atoms with van der Waals surface area (Å²) in [6.45, 7) is 9.13. The van der Waals surface area contributed by atoms with Crippen LogP contribution in [0.15, 0.2) is 30.3 Å². The molecule has 1 aliphatic carbocycles. The molecule has 0 aliphatic heterocycles. The van der Waals surface area contributed by atoms with Gasteiger partial charge in [-0.15, -0.1) is 0 Å². The van der Waals surface area contributed by atoms with E-state index in [0.29, 0.717) is 32.6 Å². The predicted molar refractivity (Wildman–Crippen MR) is 81.2 cm³/mol. The summed E-state index contributed by atoms with van der Waals surface area (Å²) < 4.78 is 2.30. The molecular formula is C15H22OSeSi. The first-order chi connectivity index (χ1) is 8.39. The number of benzene rings is 1. The zero-order valence-corrected chi connectivity index (χ0v) is 14.4. The number of ketones is 1. The van der Waals surface area contributed by atoms with Crippen LogP contribution in [0.1, 0.15) is 13.3 Å². The van der Waals surface area contributed by atoms with Gasteiger partial charge in [-0.1, -0.05) is 0 Å². The summed E-state index contributed by atoms with van der Waals surface area (Å²) in [5.41, 5.74) is 0. The Balaban J connectivity index is 2.11. The molecule has 0 heterocycles. The van der Waals surface area contributed by atoms with E-state index >= 15 is 0 Å². The Morgan fingerprint density at radius 2 is 1.89 bits per heavy atom. The Bertz CT molecular complexity index is 424. The molecular weight excluding hydrogens is 303 g/mol. The molecule has 18 heavy (non-hydrogen) atoms. The molecule has 0 saturated heterocycles. The normalized spacial score (nSPS) is 24.7. The maximum absolute atomic E-state index is 11.5. The molecule has 98 valence electrons. The van der Waals surface area contributed by atoms with E-state index in [2.05, 4.69) is 50.0 Å². The molecule has 0 N–H and O–H groups in total. The van der Waals surface area contributed by atoms with Crippen molar-refractivity contribution < 1.29 is 4.79 Å². The summed E-state index contributed by atoms with van der Waals surface area (Å²) in [5, 5.41) is 0. The fourth-order valence-corrected chi connectivity index (χ4v) is 9.78. The maximum atomic E-state index is 11.5. The van der Waals surface area contributed by atoms with Crippen molar-refractivity contribution in [1.82, 2.24) is 0 Å². The van der Waals surface area contributed by atoms with E-state index in [1.807, 2.05) is 0 Å². The van der Waals surface area contributed by atoms with E-state index in [1.165, 1.54) is 4.46 Å². The van der Waals surface area contributed by atoms with Gasteiger partial charge in [-0.25, -0.2) is 0 Å². The Labute approximate surface area is 118 Å². The summed E-state index contributed by atoms with van der Waals surface area (Å²) >= 11 is 0.528. The van der Waals surface area contributed by atoms with Crippen molar-refractivity contribution in [3.05, 3.63) is 30.3 Å². The molecule has 0 spiro atoms. The van der Waals surface area contributed by atoms with Gasteiger partial charge in [-0.2, -0.15) is 0 Å². The predicted octanol–water partition coefficient (Wildman–Crippen LogP) is 2.91. The molecule has 0 radical (unpaired) electrons. The minimum atomic E-state index is -1.18. The molecule has 1 aromatic carbocycles. The van der Waals surface area contributed by atoms with E-state index in [9.17, 15) is 4.79 Å². The zero-order chi connectivity index (χ0) is 13.3. The van der Waals surface area contributed by atoms with Crippen molar-refractivity contribution in [3.63, 3.8) is 0 Å². The van der Waals surface area contributed by atoms with E-state index in [-0.39, 0.29) is 0 Å². The van der Waals surface area contributed by atoms with Crippen molar-refractivity contribution in [3.8, 4) is 0 Å². The molecule has 1 nitrogen and oxygen atoms in total. The standard InChI is InChI=1S/C15H22OSeSi/c1-11(16)13-10-14(13)15(18(2,3)4)17-12-8-6-5-7-9-12/h5-9,13-15H,10H2,1-4H3/t13-,14-,15?/m0/s1. The number of carbonyl (C=O) groups excluding carboxylic acids is 1. The SMILES string of the molecule is CC(=O)[C@@H]1C[C@@H]1C([Se]c1ccccc1)[Si](C)(C)C. The molecule has 2 rings (SSSR count). The number of rotatable bonds is 5. The molecule has 3 heteroatoms. The molecule has 1 saturated carbocycles. The van der Waals surface area contributed by atoms with E-state index in [0.717, 1.165) is 10.9 Å². The molecule has 1 fully saturated rings. The van der Waals surface area contributed by atoms with Crippen molar-refractivity contribution in [1.29, 1.82) is 0 Å². The fourth-order valence-electron chi connectivity index (χ4n) is 2.57. The zero-order valence-electron chi connectivity index (χ0n) is 11.6. The van der Waals surface area contributed by atoms with Crippen molar-refractivity contribution in [2.75, 3.05) is 0 Å². The third-order valence-electron chi connectivity index (χ3n) is 3.61. The van der Waals surface area contributed by atoms with Crippen LogP contribution in [-0.2, 0) is 4.79 Å². The van der Waals surface area contributed by atoms with Gasteiger partial charge in [-0.05, 0) is 0 Å². The van der Waals surface area contributed by atoms with Crippen LogP contribution in [0.25, 0.3) is 0 Å². The second-order valence-electron chi connectivity index (χ2n) is 6.33. The Morgan fingerprint density at radius 3 is 2.33 bits per heavy atom. The molecule has 3 atom stereocenters. The molecule has 1 aromatic rings. The van der Waals surface area contributed by atoms with Crippen LogP contribution in [0.2, 0.25) is 24.1 Å². The first kappa shape index (κ1) is 14.0. The average Bonchev–Trinajstić information content (AvgIpc) is 3.05. The number of hydrogen-bond acceptors (Lipinski definition) is 1. The number of carbonyl (C=O) groups is 1. The molecule has 1 unspecified atom stereocenters. The second kappa shape index (κ2) is 5.32. The monoisotopic (exact) mass is 326 g/mol. The van der Waals surface area contributed by atoms with Crippen molar-refractivity contribution in [2.24, 2.45) is 11.8 Å². The summed E-state index contributed by atoms with van der Waals surface area (Å²) in [6.07, 6.45) is 1.15. The van der Waals surface area contributed by atoms with E-state index < -0.39 is 8.07 Å². The third kappa shape index (κ3) is 3.34. The summed E-state index contributed by atoms with van der Waals surface area (Å²) in [4.78, 5) is 11.5. The van der Waals surface area contributed by atoms with Crippen LogP contribution >= 0.6 is 0 Å². The van der Waals surface area contributed by atoms with Crippen LogP contribution in [0.4, 0.5) is 0 Å². The Kier molecular flexibility index (Phi) is 4.15. The molecule has 1 aliphatic rings. The molecule has 0 amide bonds. The average molecular weight is 325 g/mol. The fraction of sp³-hybridized carbons (Fsp3) is 0.533. The first-order valence-corrected chi connectivity index (χ1v) is 12.0. The Morgan fingerprint density at radius 1 is 1.28 bits per heavy atom. The van der Waals surface area contributed by atoms with Gasteiger partial charge in [0.05, 0.1) is 0 Å². The number of hydrogen-bond donors (Lipinski definition) is 0.